The lowest BCUT2D eigenvalue weighted by atomic mass is 9.92. The van der Waals surface area contributed by atoms with Gasteiger partial charge < -0.3 is 19.4 Å². The first kappa shape index (κ1) is 22.3. The van der Waals surface area contributed by atoms with Crippen LogP contribution in [0.1, 0.15) is 40.7 Å². The molecule has 2 aromatic heterocycles. The third-order valence-corrected chi connectivity index (χ3v) is 8.52. The van der Waals surface area contributed by atoms with Crippen LogP contribution >= 0.6 is 0 Å². The van der Waals surface area contributed by atoms with Crippen molar-refractivity contribution in [1.82, 2.24) is 14.9 Å². The third-order valence-electron chi connectivity index (χ3n) is 8.52. The van der Waals surface area contributed by atoms with Crippen molar-refractivity contribution < 1.29 is 14.3 Å². The number of carbonyl (C=O) groups is 2. The molecule has 3 aliphatic heterocycles. The number of pyridine rings is 2. The Labute approximate surface area is 215 Å². The van der Waals surface area contributed by atoms with E-state index >= 15 is 0 Å². The monoisotopic (exact) mass is 495 g/mol. The van der Waals surface area contributed by atoms with Gasteiger partial charge in [-0.2, -0.15) is 0 Å². The quantitative estimate of drug-likeness (QED) is 0.515. The van der Waals surface area contributed by atoms with Gasteiger partial charge in [0.2, 0.25) is 5.91 Å². The number of para-hydroxylation sites is 1. The number of ether oxygens (including phenoxy) is 1. The largest absolute Gasteiger partial charge is 0.449 e. The topological polar surface area (TPSA) is 78.9 Å². The highest BCUT2D eigenvalue weighted by Gasteiger charge is 2.58. The van der Waals surface area contributed by atoms with Gasteiger partial charge in [-0.3, -0.25) is 9.78 Å². The average Bonchev–Trinajstić information content (AvgIpc) is 3.59. The van der Waals surface area contributed by atoms with Crippen LogP contribution in [0, 0.1) is 0 Å². The van der Waals surface area contributed by atoms with Crippen LogP contribution in [0.5, 0.6) is 0 Å². The van der Waals surface area contributed by atoms with Gasteiger partial charge in [0, 0.05) is 69.0 Å². The molecule has 2 saturated heterocycles. The van der Waals surface area contributed by atoms with Gasteiger partial charge in [0.1, 0.15) is 5.82 Å². The molecule has 4 aliphatic rings. The zero-order chi connectivity index (χ0) is 25.0. The number of likely N-dealkylation sites (tertiary alicyclic amines) is 1. The molecule has 8 nitrogen and oxygen atoms in total. The molecule has 1 spiro atoms. The number of fused-ring (bicyclic) bond motifs is 2. The minimum absolute atomic E-state index is 0.119. The van der Waals surface area contributed by atoms with Crippen molar-refractivity contribution in [2.75, 3.05) is 49.1 Å². The Hall–Kier alpha value is -3.94. The lowest BCUT2D eigenvalue weighted by Gasteiger charge is -2.36. The number of hydrogen-bond donors (Lipinski definition) is 0. The number of carbonyl (C=O) groups excluding carboxylic acids is 2. The lowest BCUT2D eigenvalue weighted by molar-refractivity contribution is -0.134. The Bertz CT molecular complexity index is 1350. The first-order valence-corrected chi connectivity index (χ1v) is 13.1. The summed E-state index contributed by atoms with van der Waals surface area (Å²) in [6, 6.07) is 16.5. The first-order valence-electron chi connectivity index (χ1n) is 13.1. The number of amides is 1. The fourth-order valence-electron chi connectivity index (χ4n) is 6.24. The number of anilines is 2. The van der Waals surface area contributed by atoms with Gasteiger partial charge in [-0.05, 0) is 42.7 Å². The molecule has 37 heavy (non-hydrogen) atoms. The molecule has 7 rings (SSSR count). The predicted molar refractivity (Wildman–Crippen MR) is 139 cm³/mol. The summed E-state index contributed by atoms with van der Waals surface area (Å²) in [5.74, 6) is 0.736. The van der Waals surface area contributed by atoms with Gasteiger partial charge in [-0.15, -0.1) is 0 Å². The van der Waals surface area contributed by atoms with E-state index in [1.165, 1.54) is 5.69 Å². The Kier molecular flexibility index (Phi) is 4.99. The van der Waals surface area contributed by atoms with E-state index in [1.54, 1.807) is 12.4 Å². The van der Waals surface area contributed by atoms with E-state index in [0.29, 0.717) is 25.1 Å². The maximum absolute atomic E-state index is 13.8. The molecule has 3 fully saturated rings. The number of esters is 1. The average molecular weight is 496 g/mol. The van der Waals surface area contributed by atoms with Crippen LogP contribution < -0.4 is 9.80 Å². The second-order valence-electron chi connectivity index (χ2n) is 10.6. The SMILES string of the molecule is O=C1O[C@]2(CCN(C(=O)C3(c4ccc(N5CCN(c6ccccc6)CC5)nc4)CC3)C2)c2ccncc21. The van der Waals surface area contributed by atoms with Crippen LogP contribution in [0.25, 0.3) is 0 Å². The molecular weight excluding hydrogens is 466 g/mol. The number of piperazine rings is 1. The lowest BCUT2D eigenvalue weighted by Crippen LogP contribution is -2.46. The molecule has 8 heteroatoms. The summed E-state index contributed by atoms with van der Waals surface area (Å²) in [5.41, 5.74) is 2.36. The molecule has 0 N–H and O–H groups in total. The predicted octanol–water partition coefficient (Wildman–Crippen LogP) is 3.13. The Morgan fingerprint density at radius 1 is 0.865 bits per heavy atom. The number of benzene rings is 1. The van der Waals surface area contributed by atoms with Crippen LogP contribution in [0.3, 0.4) is 0 Å². The summed E-state index contributed by atoms with van der Waals surface area (Å²) in [7, 11) is 0. The highest BCUT2D eigenvalue weighted by atomic mass is 16.6. The van der Waals surface area contributed by atoms with Crippen molar-refractivity contribution in [1.29, 1.82) is 0 Å². The van der Waals surface area contributed by atoms with Crippen molar-refractivity contribution in [3.63, 3.8) is 0 Å². The first-order chi connectivity index (χ1) is 18.1. The Balaban J connectivity index is 1.03. The number of aromatic nitrogens is 2. The van der Waals surface area contributed by atoms with Gasteiger partial charge in [-0.1, -0.05) is 24.3 Å². The van der Waals surface area contributed by atoms with Crippen molar-refractivity contribution in [3.05, 3.63) is 83.8 Å². The summed E-state index contributed by atoms with van der Waals surface area (Å²) >= 11 is 0. The Morgan fingerprint density at radius 2 is 1.65 bits per heavy atom. The number of nitrogens with zero attached hydrogens (tertiary/aromatic N) is 5. The van der Waals surface area contributed by atoms with Crippen molar-refractivity contribution in [2.45, 2.75) is 30.3 Å². The molecule has 1 aliphatic carbocycles. The highest BCUT2D eigenvalue weighted by Crippen LogP contribution is 2.52. The second-order valence-corrected chi connectivity index (χ2v) is 10.6. The summed E-state index contributed by atoms with van der Waals surface area (Å²) in [6.07, 6.45) is 7.41. The normalized spacial score (nSPS) is 23.8. The standard InChI is InChI=1S/C29H29N5O3/c35-26-23-19-30-12-8-24(23)29(37-26)11-13-34(20-29)27(36)28(9-10-28)21-6-7-25(31-18-21)33-16-14-32(15-17-33)22-4-2-1-3-5-22/h1-8,12,18-19H,9-11,13-17,20H2/t29-/m0/s1. The van der Waals surface area contributed by atoms with E-state index < -0.39 is 11.0 Å². The molecule has 1 atom stereocenters. The molecule has 1 amide bonds. The smallest absolute Gasteiger partial charge is 0.341 e. The summed E-state index contributed by atoms with van der Waals surface area (Å²) in [4.78, 5) is 41.6. The van der Waals surface area contributed by atoms with Gasteiger partial charge in [0.05, 0.1) is 17.5 Å². The van der Waals surface area contributed by atoms with E-state index in [2.05, 4.69) is 51.2 Å². The third kappa shape index (κ3) is 3.57. The number of rotatable bonds is 4. The fraction of sp³-hybridized carbons (Fsp3) is 0.379. The molecule has 0 radical (unpaired) electrons. The van der Waals surface area contributed by atoms with E-state index in [-0.39, 0.29) is 11.9 Å². The van der Waals surface area contributed by atoms with E-state index in [1.807, 2.05) is 23.2 Å². The summed E-state index contributed by atoms with van der Waals surface area (Å²) in [5, 5.41) is 0. The minimum atomic E-state index is -0.745. The van der Waals surface area contributed by atoms with Crippen LogP contribution in [0.2, 0.25) is 0 Å². The van der Waals surface area contributed by atoms with Crippen molar-refractivity contribution in [2.24, 2.45) is 0 Å². The summed E-state index contributed by atoms with van der Waals surface area (Å²) < 4.78 is 5.82. The van der Waals surface area contributed by atoms with Gasteiger partial charge in [-0.25, -0.2) is 9.78 Å². The van der Waals surface area contributed by atoms with E-state index in [4.69, 9.17) is 9.72 Å². The van der Waals surface area contributed by atoms with E-state index in [9.17, 15) is 9.59 Å². The van der Waals surface area contributed by atoms with Crippen LogP contribution in [0.4, 0.5) is 11.5 Å². The highest BCUT2D eigenvalue weighted by molar-refractivity contribution is 5.95. The molecule has 188 valence electrons. The molecule has 0 unspecified atom stereocenters. The van der Waals surface area contributed by atoms with Crippen LogP contribution in [0.15, 0.2) is 67.1 Å². The molecular formula is C29H29N5O3. The Morgan fingerprint density at radius 3 is 2.38 bits per heavy atom. The maximum atomic E-state index is 13.8. The minimum Gasteiger partial charge on any atom is -0.449 e. The zero-order valence-corrected chi connectivity index (χ0v) is 20.7. The number of hydrogen-bond acceptors (Lipinski definition) is 7. The molecule has 0 bridgehead atoms. The second kappa shape index (κ2) is 8.30. The molecule has 5 heterocycles. The van der Waals surface area contributed by atoms with E-state index in [0.717, 1.165) is 56.0 Å². The van der Waals surface area contributed by atoms with Crippen LogP contribution in [-0.4, -0.2) is 66.0 Å². The van der Waals surface area contributed by atoms with Crippen molar-refractivity contribution in [3.8, 4) is 0 Å². The molecule has 1 saturated carbocycles. The fourth-order valence-corrected chi connectivity index (χ4v) is 6.24. The van der Waals surface area contributed by atoms with Crippen molar-refractivity contribution >= 4 is 23.4 Å². The van der Waals surface area contributed by atoms with Gasteiger partial charge >= 0.3 is 5.97 Å². The maximum Gasteiger partial charge on any atom is 0.341 e. The summed E-state index contributed by atoms with van der Waals surface area (Å²) in [6.45, 7) is 4.71. The molecule has 1 aromatic carbocycles. The zero-order valence-electron chi connectivity index (χ0n) is 20.7. The van der Waals surface area contributed by atoms with Gasteiger partial charge in [0.25, 0.3) is 0 Å². The van der Waals surface area contributed by atoms with Gasteiger partial charge in [0.15, 0.2) is 5.60 Å². The van der Waals surface area contributed by atoms with Crippen LogP contribution in [-0.2, 0) is 20.5 Å². The molecule has 3 aromatic rings.